The van der Waals surface area contributed by atoms with E-state index < -0.39 is 0 Å². The number of halogens is 4. The summed E-state index contributed by atoms with van der Waals surface area (Å²) in [4.78, 5) is 0. The van der Waals surface area contributed by atoms with Crippen molar-refractivity contribution in [2.45, 2.75) is 13.0 Å². The van der Waals surface area contributed by atoms with Crippen molar-refractivity contribution in [3.63, 3.8) is 0 Å². The third-order valence-corrected chi connectivity index (χ3v) is 4.55. The Bertz CT molecular complexity index is 601. The molecule has 0 saturated heterocycles. The van der Waals surface area contributed by atoms with E-state index in [-0.39, 0.29) is 11.9 Å². The van der Waals surface area contributed by atoms with Crippen LogP contribution in [-0.4, -0.2) is 0 Å². The van der Waals surface area contributed by atoms with Gasteiger partial charge >= 0.3 is 0 Å². The summed E-state index contributed by atoms with van der Waals surface area (Å²) >= 11 is 10.1. The molecule has 0 aliphatic rings. The number of hydrogen-bond acceptors (Lipinski definition) is 1. The Kier molecular flexibility index (Phi) is 5.03. The fourth-order valence-electron chi connectivity index (χ4n) is 1.77. The third kappa shape index (κ3) is 3.80. The molecular formula is C14H11Br3FN. The average Bonchev–Trinajstić information content (AvgIpc) is 2.33. The fourth-order valence-corrected chi connectivity index (χ4v) is 3.40. The molecule has 1 nitrogen and oxygen atoms in total. The first-order valence-electron chi connectivity index (χ1n) is 5.64. The molecule has 2 aromatic carbocycles. The van der Waals surface area contributed by atoms with Crippen LogP contribution in [0, 0.1) is 5.82 Å². The van der Waals surface area contributed by atoms with Crippen molar-refractivity contribution >= 4 is 53.5 Å². The first-order chi connectivity index (χ1) is 8.97. The zero-order valence-electron chi connectivity index (χ0n) is 10.1. The minimum atomic E-state index is -0.271. The quantitative estimate of drug-likeness (QED) is 0.578. The van der Waals surface area contributed by atoms with Crippen molar-refractivity contribution in [3.05, 3.63) is 61.2 Å². The van der Waals surface area contributed by atoms with Crippen LogP contribution in [0.3, 0.4) is 0 Å². The predicted octanol–water partition coefficient (Wildman–Crippen LogP) is 6.29. The molecule has 1 unspecified atom stereocenters. The van der Waals surface area contributed by atoms with E-state index in [1.165, 1.54) is 6.07 Å². The minimum Gasteiger partial charge on any atom is -0.378 e. The molecule has 0 radical (unpaired) electrons. The van der Waals surface area contributed by atoms with Gasteiger partial charge in [0.05, 0.1) is 4.47 Å². The Morgan fingerprint density at radius 1 is 1.00 bits per heavy atom. The Morgan fingerprint density at radius 3 is 2.37 bits per heavy atom. The molecule has 1 atom stereocenters. The molecule has 2 rings (SSSR count). The van der Waals surface area contributed by atoms with Gasteiger partial charge in [-0.05, 0) is 58.7 Å². The van der Waals surface area contributed by atoms with Crippen molar-refractivity contribution in [1.29, 1.82) is 0 Å². The maximum Gasteiger partial charge on any atom is 0.139 e. The summed E-state index contributed by atoms with van der Waals surface area (Å²) in [5, 5.41) is 3.28. The zero-order chi connectivity index (χ0) is 14.0. The van der Waals surface area contributed by atoms with Crippen LogP contribution in [-0.2, 0) is 0 Å². The standard InChI is InChI=1S/C14H11Br3FN/c1-8(11-4-2-9(15)6-13(11)17)19-10-3-5-12(16)14(18)7-10/h2-8,19H,1H3. The van der Waals surface area contributed by atoms with Gasteiger partial charge in [-0.1, -0.05) is 37.9 Å². The predicted molar refractivity (Wildman–Crippen MR) is 88.0 cm³/mol. The van der Waals surface area contributed by atoms with Crippen molar-refractivity contribution in [3.8, 4) is 0 Å². The van der Waals surface area contributed by atoms with Crippen molar-refractivity contribution in [2.24, 2.45) is 0 Å². The summed E-state index contributed by atoms with van der Waals surface area (Å²) in [5.74, 6) is -0.271. The van der Waals surface area contributed by atoms with Gasteiger partial charge in [-0.15, -0.1) is 0 Å². The molecule has 19 heavy (non-hydrogen) atoms. The molecule has 5 heteroatoms. The van der Waals surface area contributed by atoms with E-state index >= 15 is 0 Å². The third-order valence-electron chi connectivity index (χ3n) is 2.73. The molecule has 0 saturated carbocycles. The summed E-state index contributed by atoms with van der Waals surface area (Å²) in [6.07, 6.45) is 0. The maximum atomic E-state index is 13.5. The Hall–Kier alpha value is -0.390. The normalized spacial score (nSPS) is 12.3. The second-order valence-electron chi connectivity index (χ2n) is 4.16. The van der Waals surface area contributed by atoms with Crippen LogP contribution in [0.2, 0.25) is 0 Å². The van der Waals surface area contributed by atoms with Gasteiger partial charge in [0.1, 0.15) is 5.82 Å². The molecule has 0 heterocycles. The first kappa shape index (κ1) is 15.0. The van der Waals surface area contributed by atoms with E-state index in [9.17, 15) is 4.39 Å². The summed E-state index contributed by atoms with van der Waals surface area (Å²) in [6, 6.07) is 11.1. The van der Waals surface area contributed by atoms with E-state index in [0.29, 0.717) is 4.47 Å². The van der Waals surface area contributed by atoms with E-state index in [4.69, 9.17) is 0 Å². The number of hydrogen-bond donors (Lipinski definition) is 1. The number of rotatable bonds is 3. The summed E-state index contributed by atoms with van der Waals surface area (Å²) < 4.78 is 16.0. The monoisotopic (exact) mass is 449 g/mol. The molecule has 0 spiro atoms. The highest BCUT2D eigenvalue weighted by Crippen LogP contribution is 2.29. The van der Waals surface area contributed by atoms with Crippen molar-refractivity contribution in [2.75, 3.05) is 5.32 Å². The minimum absolute atomic E-state index is 0.0723. The molecule has 0 amide bonds. The Morgan fingerprint density at radius 2 is 1.74 bits per heavy atom. The highest BCUT2D eigenvalue weighted by atomic mass is 79.9. The van der Waals surface area contributed by atoms with E-state index in [2.05, 4.69) is 53.1 Å². The molecule has 1 N–H and O–H groups in total. The topological polar surface area (TPSA) is 12.0 Å². The van der Waals surface area contributed by atoms with Gasteiger partial charge < -0.3 is 5.32 Å². The SMILES string of the molecule is CC(Nc1ccc(Br)c(F)c1)c1ccc(Br)cc1Br. The maximum absolute atomic E-state index is 13.5. The molecule has 0 aliphatic heterocycles. The highest BCUT2D eigenvalue weighted by molar-refractivity contribution is 9.11. The highest BCUT2D eigenvalue weighted by Gasteiger charge is 2.10. The lowest BCUT2D eigenvalue weighted by Gasteiger charge is -2.17. The van der Waals surface area contributed by atoms with Gasteiger partial charge in [0, 0.05) is 20.7 Å². The second kappa shape index (κ2) is 6.37. The summed E-state index contributed by atoms with van der Waals surface area (Å²) in [7, 11) is 0. The Balaban J connectivity index is 2.20. The zero-order valence-corrected chi connectivity index (χ0v) is 14.8. The van der Waals surface area contributed by atoms with E-state index in [1.54, 1.807) is 6.07 Å². The van der Waals surface area contributed by atoms with E-state index in [1.807, 2.05) is 31.2 Å². The lowest BCUT2D eigenvalue weighted by Crippen LogP contribution is -2.07. The van der Waals surface area contributed by atoms with E-state index in [0.717, 1.165) is 20.2 Å². The van der Waals surface area contributed by atoms with Gasteiger partial charge in [0.15, 0.2) is 0 Å². The van der Waals surface area contributed by atoms with Crippen LogP contribution in [0.5, 0.6) is 0 Å². The molecule has 0 aromatic heterocycles. The van der Waals surface area contributed by atoms with Crippen LogP contribution in [0.4, 0.5) is 10.1 Å². The lowest BCUT2D eigenvalue weighted by molar-refractivity contribution is 0.621. The lowest BCUT2D eigenvalue weighted by atomic mass is 10.1. The smallest absolute Gasteiger partial charge is 0.139 e. The summed E-state index contributed by atoms with van der Waals surface area (Å²) in [6.45, 7) is 2.04. The largest absolute Gasteiger partial charge is 0.378 e. The Labute approximate surface area is 137 Å². The van der Waals surface area contributed by atoms with Gasteiger partial charge in [-0.3, -0.25) is 0 Å². The van der Waals surface area contributed by atoms with Gasteiger partial charge in [-0.25, -0.2) is 4.39 Å². The summed E-state index contributed by atoms with van der Waals surface area (Å²) in [5.41, 5.74) is 1.87. The fraction of sp³-hybridized carbons (Fsp3) is 0.143. The van der Waals surface area contributed by atoms with Crippen molar-refractivity contribution in [1.82, 2.24) is 0 Å². The van der Waals surface area contributed by atoms with Crippen LogP contribution < -0.4 is 5.32 Å². The molecule has 0 aliphatic carbocycles. The van der Waals surface area contributed by atoms with Gasteiger partial charge in [0.2, 0.25) is 0 Å². The number of anilines is 1. The second-order valence-corrected chi connectivity index (χ2v) is 6.79. The number of benzene rings is 2. The average molecular weight is 452 g/mol. The van der Waals surface area contributed by atoms with Crippen LogP contribution in [0.25, 0.3) is 0 Å². The molecule has 0 fully saturated rings. The van der Waals surface area contributed by atoms with Gasteiger partial charge in [-0.2, -0.15) is 0 Å². The molecule has 100 valence electrons. The molecule has 2 aromatic rings. The molecular weight excluding hydrogens is 441 g/mol. The van der Waals surface area contributed by atoms with Crippen LogP contribution in [0.15, 0.2) is 49.8 Å². The number of nitrogens with one attached hydrogen (secondary N) is 1. The van der Waals surface area contributed by atoms with Crippen LogP contribution in [0.1, 0.15) is 18.5 Å². The van der Waals surface area contributed by atoms with Crippen LogP contribution >= 0.6 is 47.8 Å². The first-order valence-corrected chi connectivity index (χ1v) is 8.02. The van der Waals surface area contributed by atoms with Crippen molar-refractivity contribution < 1.29 is 4.39 Å². The molecule has 0 bridgehead atoms. The van der Waals surface area contributed by atoms with Gasteiger partial charge in [0.25, 0.3) is 0 Å².